The van der Waals surface area contributed by atoms with Gasteiger partial charge in [-0.1, -0.05) is 12.1 Å². The topological polar surface area (TPSA) is 74.7 Å². The number of para-hydroxylation sites is 1. The molecule has 0 saturated carbocycles. The lowest BCUT2D eigenvalue weighted by Crippen LogP contribution is -2.02. The maximum absolute atomic E-state index is 13.2. The third-order valence-corrected chi connectivity index (χ3v) is 4.54. The fourth-order valence-corrected chi connectivity index (χ4v) is 2.90. The zero-order valence-electron chi connectivity index (χ0n) is 16.3. The Labute approximate surface area is 180 Å². The number of aromatic nitrogens is 2. The van der Waals surface area contributed by atoms with E-state index < -0.39 is 6.43 Å². The molecular formula is C20H18BrF2N3O4. The molecule has 158 valence electrons. The molecule has 10 heteroatoms. The smallest absolute Gasteiger partial charge is 0.267 e. The van der Waals surface area contributed by atoms with Crippen molar-refractivity contribution in [1.29, 1.82) is 0 Å². The monoisotopic (exact) mass is 481 g/mol. The average molecular weight is 482 g/mol. The van der Waals surface area contributed by atoms with Crippen molar-refractivity contribution in [3.63, 3.8) is 0 Å². The van der Waals surface area contributed by atoms with Crippen LogP contribution in [0.4, 0.5) is 20.4 Å². The molecule has 0 bridgehead atoms. The van der Waals surface area contributed by atoms with Crippen molar-refractivity contribution in [3.8, 4) is 28.9 Å². The predicted molar refractivity (Wildman–Crippen MR) is 111 cm³/mol. The summed E-state index contributed by atoms with van der Waals surface area (Å²) >= 11 is 3.28. The third kappa shape index (κ3) is 4.70. The van der Waals surface area contributed by atoms with E-state index in [0.29, 0.717) is 27.4 Å². The number of benzene rings is 2. The van der Waals surface area contributed by atoms with E-state index >= 15 is 0 Å². The van der Waals surface area contributed by atoms with Crippen LogP contribution in [0.3, 0.4) is 0 Å². The first kappa shape index (κ1) is 21.6. The number of methoxy groups -OCH3 is 3. The van der Waals surface area contributed by atoms with Gasteiger partial charge in [-0.05, 0) is 28.1 Å². The van der Waals surface area contributed by atoms with E-state index in [9.17, 15) is 8.78 Å². The van der Waals surface area contributed by atoms with Crippen LogP contribution in [0.5, 0.6) is 28.9 Å². The quantitative estimate of drug-likeness (QED) is 0.439. The molecule has 3 aromatic rings. The number of nitrogens with one attached hydrogen (secondary N) is 1. The second-order valence-corrected chi connectivity index (χ2v) is 6.68. The van der Waals surface area contributed by atoms with Crippen molar-refractivity contribution in [2.24, 2.45) is 0 Å². The molecule has 0 amide bonds. The maximum Gasteiger partial charge on any atom is 0.267 e. The minimum absolute atomic E-state index is 0.00522. The molecule has 0 saturated heterocycles. The molecule has 0 aliphatic carbocycles. The Kier molecular flexibility index (Phi) is 6.88. The standard InChI is InChI=1S/C20H18BrF2N3O4/c1-27-15-8-11(9-16(28-2)17(15)29-3)25-20-24-10-13(21)19(26-20)30-14-7-5-4-6-12(14)18(22)23/h4-10,18H,1-3H3,(H,24,25,26). The fourth-order valence-electron chi connectivity index (χ4n) is 2.62. The molecule has 2 aromatic carbocycles. The van der Waals surface area contributed by atoms with Gasteiger partial charge in [-0.15, -0.1) is 0 Å². The molecule has 0 aliphatic heterocycles. The van der Waals surface area contributed by atoms with Crippen molar-refractivity contribution in [1.82, 2.24) is 9.97 Å². The van der Waals surface area contributed by atoms with Crippen molar-refractivity contribution < 1.29 is 27.7 Å². The highest BCUT2D eigenvalue weighted by Gasteiger charge is 2.17. The molecule has 0 atom stereocenters. The lowest BCUT2D eigenvalue weighted by Gasteiger charge is -2.15. The van der Waals surface area contributed by atoms with Crippen LogP contribution in [0.1, 0.15) is 12.0 Å². The van der Waals surface area contributed by atoms with Gasteiger partial charge < -0.3 is 24.3 Å². The zero-order chi connectivity index (χ0) is 21.7. The van der Waals surface area contributed by atoms with Crippen LogP contribution in [0, 0.1) is 0 Å². The highest BCUT2D eigenvalue weighted by molar-refractivity contribution is 9.10. The van der Waals surface area contributed by atoms with Crippen molar-refractivity contribution >= 4 is 27.6 Å². The lowest BCUT2D eigenvalue weighted by atomic mass is 10.2. The van der Waals surface area contributed by atoms with Crippen LogP contribution in [0.25, 0.3) is 0 Å². The molecule has 0 radical (unpaired) electrons. The van der Waals surface area contributed by atoms with Gasteiger partial charge in [-0.2, -0.15) is 4.98 Å². The Morgan fingerprint density at radius 1 is 0.967 bits per heavy atom. The average Bonchev–Trinajstić information content (AvgIpc) is 2.75. The van der Waals surface area contributed by atoms with Gasteiger partial charge >= 0.3 is 0 Å². The zero-order valence-corrected chi connectivity index (χ0v) is 17.9. The van der Waals surface area contributed by atoms with Crippen molar-refractivity contribution in [3.05, 3.63) is 52.6 Å². The predicted octanol–water partition coefficient (Wildman–Crippen LogP) is 5.74. The molecule has 7 nitrogen and oxygen atoms in total. The first-order valence-electron chi connectivity index (χ1n) is 8.61. The van der Waals surface area contributed by atoms with Gasteiger partial charge in [0.25, 0.3) is 6.43 Å². The van der Waals surface area contributed by atoms with Gasteiger partial charge in [0.2, 0.25) is 17.6 Å². The number of nitrogens with zero attached hydrogens (tertiary/aromatic N) is 2. The Morgan fingerprint density at radius 3 is 2.23 bits per heavy atom. The van der Waals surface area contributed by atoms with Crippen LogP contribution in [0.2, 0.25) is 0 Å². The molecular weight excluding hydrogens is 464 g/mol. The SMILES string of the molecule is COc1cc(Nc2ncc(Br)c(Oc3ccccc3C(F)F)n2)cc(OC)c1OC. The second-order valence-electron chi connectivity index (χ2n) is 5.83. The highest BCUT2D eigenvalue weighted by atomic mass is 79.9. The first-order valence-corrected chi connectivity index (χ1v) is 9.40. The van der Waals surface area contributed by atoms with Gasteiger partial charge in [0.1, 0.15) is 5.75 Å². The lowest BCUT2D eigenvalue weighted by molar-refractivity contribution is 0.148. The molecule has 30 heavy (non-hydrogen) atoms. The van der Waals surface area contributed by atoms with Crippen LogP contribution in [-0.2, 0) is 0 Å². The van der Waals surface area contributed by atoms with Gasteiger partial charge in [-0.3, -0.25) is 0 Å². The van der Waals surface area contributed by atoms with E-state index in [-0.39, 0.29) is 23.1 Å². The molecule has 1 N–H and O–H groups in total. The Bertz CT molecular complexity index is 1010. The van der Waals surface area contributed by atoms with E-state index in [4.69, 9.17) is 18.9 Å². The van der Waals surface area contributed by atoms with E-state index in [1.807, 2.05) is 0 Å². The number of halogens is 3. The van der Waals surface area contributed by atoms with E-state index in [0.717, 1.165) is 0 Å². The van der Waals surface area contributed by atoms with Gasteiger partial charge in [0.15, 0.2) is 11.5 Å². The number of alkyl halides is 2. The highest BCUT2D eigenvalue weighted by Crippen LogP contribution is 2.41. The van der Waals surface area contributed by atoms with Crippen LogP contribution in [-0.4, -0.2) is 31.3 Å². The van der Waals surface area contributed by atoms with Crippen LogP contribution < -0.4 is 24.3 Å². The first-order chi connectivity index (χ1) is 14.5. The summed E-state index contributed by atoms with van der Waals surface area (Å²) in [7, 11) is 4.51. The molecule has 0 aliphatic rings. The molecule has 1 aromatic heterocycles. The summed E-state index contributed by atoms with van der Waals surface area (Å²) in [4.78, 5) is 8.44. The summed E-state index contributed by atoms with van der Waals surface area (Å²) in [6, 6.07) is 9.22. The second kappa shape index (κ2) is 9.57. The number of hydrogen-bond acceptors (Lipinski definition) is 7. The van der Waals surface area contributed by atoms with Crippen molar-refractivity contribution in [2.75, 3.05) is 26.6 Å². The largest absolute Gasteiger partial charge is 0.493 e. The molecule has 0 unspecified atom stereocenters. The summed E-state index contributed by atoms with van der Waals surface area (Å²) in [6.45, 7) is 0. The van der Waals surface area contributed by atoms with Crippen molar-refractivity contribution in [2.45, 2.75) is 6.43 Å². The fraction of sp³-hybridized carbons (Fsp3) is 0.200. The van der Waals surface area contributed by atoms with Crippen LogP contribution in [0.15, 0.2) is 47.1 Å². The maximum atomic E-state index is 13.2. The van der Waals surface area contributed by atoms with Gasteiger partial charge in [0, 0.05) is 17.8 Å². The normalized spacial score (nSPS) is 10.6. The third-order valence-electron chi connectivity index (χ3n) is 3.99. The number of hydrogen-bond donors (Lipinski definition) is 1. The Balaban J connectivity index is 1.91. The minimum atomic E-state index is -2.68. The van der Waals surface area contributed by atoms with E-state index in [2.05, 4.69) is 31.2 Å². The van der Waals surface area contributed by atoms with E-state index in [1.54, 1.807) is 18.2 Å². The minimum Gasteiger partial charge on any atom is -0.493 e. The van der Waals surface area contributed by atoms with E-state index in [1.165, 1.54) is 45.7 Å². The summed E-state index contributed by atoms with van der Waals surface area (Å²) in [5.74, 6) is 1.59. The summed E-state index contributed by atoms with van der Waals surface area (Å²) in [5.41, 5.74) is 0.327. The Hall–Kier alpha value is -3.14. The van der Waals surface area contributed by atoms with Gasteiger partial charge in [-0.25, -0.2) is 13.8 Å². The molecule has 0 fully saturated rings. The summed E-state index contributed by atoms with van der Waals surface area (Å²) in [5, 5.41) is 3.01. The van der Waals surface area contributed by atoms with Gasteiger partial charge in [0.05, 0.1) is 37.6 Å². The summed E-state index contributed by atoms with van der Waals surface area (Å²) < 4.78 is 48.4. The number of ether oxygens (including phenoxy) is 4. The molecule has 1 heterocycles. The molecule has 0 spiro atoms. The number of anilines is 2. The van der Waals surface area contributed by atoms with Crippen LogP contribution >= 0.6 is 15.9 Å². The molecule has 3 rings (SSSR count). The summed E-state index contributed by atoms with van der Waals surface area (Å²) in [6.07, 6.45) is -1.23. The number of rotatable bonds is 8. The Morgan fingerprint density at radius 2 is 1.63 bits per heavy atom.